The van der Waals surface area contributed by atoms with Gasteiger partial charge in [0.05, 0.1) is 6.54 Å². The van der Waals surface area contributed by atoms with Crippen LogP contribution in [0.1, 0.15) is 13.3 Å². The highest BCUT2D eigenvalue weighted by Crippen LogP contribution is 2.17. The molecule has 1 aliphatic carbocycles. The topological polar surface area (TPSA) is 80.0 Å². The zero-order valence-corrected chi connectivity index (χ0v) is 10.1. The largest absolute Gasteiger partial charge is 0.369 e. The lowest BCUT2D eigenvalue weighted by Crippen LogP contribution is -2.32. The van der Waals surface area contributed by atoms with Crippen LogP contribution in [0.3, 0.4) is 0 Å². The maximum Gasteiger partial charge on any atom is 0.218 e. The van der Waals surface area contributed by atoms with Crippen LogP contribution in [0.4, 0.5) is 0 Å². The SMILES string of the molecule is CC1=C(CN=C(N)N=C(N)N(C)C)C=CC1. The minimum Gasteiger partial charge on any atom is -0.369 e. The number of nitrogens with zero attached hydrogens (tertiary/aromatic N) is 3. The molecule has 0 atom stereocenters. The second-order valence-electron chi connectivity index (χ2n) is 3.95. The van der Waals surface area contributed by atoms with E-state index in [1.807, 2.05) is 0 Å². The van der Waals surface area contributed by atoms with Gasteiger partial charge in [-0.15, -0.1) is 0 Å². The minimum absolute atomic E-state index is 0.215. The zero-order chi connectivity index (χ0) is 12.1. The van der Waals surface area contributed by atoms with Crippen molar-refractivity contribution in [2.24, 2.45) is 21.5 Å². The van der Waals surface area contributed by atoms with Crippen LogP contribution < -0.4 is 11.5 Å². The number of nitrogens with two attached hydrogens (primary N) is 2. The third kappa shape index (κ3) is 3.42. The Morgan fingerprint density at radius 1 is 1.44 bits per heavy atom. The fourth-order valence-electron chi connectivity index (χ4n) is 1.26. The van der Waals surface area contributed by atoms with Crippen LogP contribution in [0.2, 0.25) is 0 Å². The normalized spacial score (nSPS) is 17.2. The molecule has 88 valence electrons. The van der Waals surface area contributed by atoms with Crippen molar-refractivity contribution >= 4 is 11.9 Å². The summed E-state index contributed by atoms with van der Waals surface area (Å²) >= 11 is 0. The molecule has 0 spiro atoms. The van der Waals surface area contributed by atoms with Crippen molar-refractivity contribution in [3.63, 3.8) is 0 Å². The third-order valence-corrected chi connectivity index (χ3v) is 2.39. The Bertz CT molecular complexity index is 374. The van der Waals surface area contributed by atoms with Gasteiger partial charge in [-0.1, -0.05) is 17.7 Å². The minimum atomic E-state index is 0.215. The van der Waals surface area contributed by atoms with Crippen molar-refractivity contribution in [1.29, 1.82) is 0 Å². The van der Waals surface area contributed by atoms with Gasteiger partial charge < -0.3 is 16.4 Å². The Morgan fingerprint density at radius 2 is 2.12 bits per heavy atom. The predicted molar refractivity (Wildman–Crippen MR) is 68.3 cm³/mol. The summed E-state index contributed by atoms with van der Waals surface area (Å²) in [6.07, 6.45) is 5.20. The fraction of sp³-hybridized carbons (Fsp3) is 0.455. The molecule has 0 aromatic rings. The van der Waals surface area contributed by atoms with Crippen molar-refractivity contribution in [3.8, 4) is 0 Å². The molecule has 0 saturated heterocycles. The van der Waals surface area contributed by atoms with Crippen LogP contribution in [-0.4, -0.2) is 37.5 Å². The van der Waals surface area contributed by atoms with Crippen LogP contribution in [0, 0.1) is 0 Å². The quantitative estimate of drug-likeness (QED) is 0.525. The smallest absolute Gasteiger partial charge is 0.218 e. The average molecular weight is 221 g/mol. The molecule has 0 aliphatic heterocycles. The maximum absolute atomic E-state index is 5.65. The number of aliphatic imine (C=N–C) groups is 2. The molecule has 0 heterocycles. The van der Waals surface area contributed by atoms with E-state index in [2.05, 4.69) is 29.1 Å². The molecule has 4 N–H and O–H groups in total. The van der Waals surface area contributed by atoms with Gasteiger partial charge in [-0.3, -0.25) is 0 Å². The van der Waals surface area contributed by atoms with Gasteiger partial charge in [-0.2, -0.15) is 4.99 Å². The molecule has 0 aromatic carbocycles. The van der Waals surface area contributed by atoms with Gasteiger partial charge in [0.2, 0.25) is 5.96 Å². The molecule has 1 aliphatic rings. The molecule has 0 saturated carbocycles. The van der Waals surface area contributed by atoms with E-state index in [0.29, 0.717) is 12.5 Å². The lowest BCUT2D eigenvalue weighted by atomic mass is 10.2. The molecule has 16 heavy (non-hydrogen) atoms. The van der Waals surface area contributed by atoms with E-state index in [4.69, 9.17) is 11.5 Å². The van der Waals surface area contributed by atoms with Gasteiger partial charge >= 0.3 is 0 Å². The van der Waals surface area contributed by atoms with Crippen LogP contribution in [0.5, 0.6) is 0 Å². The molecule has 1 rings (SSSR count). The summed E-state index contributed by atoms with van der Waals surface area (Å²) in [5, 5.41) is 0. The molecule has 5 heteroatoms. The Balaban J connectivity index is 2.62. The zero-order valence-electron chi connectivity index (χ0n) is 10.1. The molecule has 5 nitrogen and oxygen atoms in total. The Morgan fingerprint density at radius 3 is 2.62 bits per heavy atom. The summed E-state index contributed by atoms with van der Waals surface area (Å²) in [6.45, 7) is 2.66. The first kappa shape index (κ1) is 12.3. The van der Waals surface area contributed by atoms with Gasteiger partial charge in [0.1, 0.15) is 0 Å². The van der Waals surface area contributed by atoms with E-state index in [1.165, 1.54) is 11.1 Å². The molecule has 0 fully saturated rings. The second-order valence-corrected chi connectivity index (χ2v) is 3.95. The van der Waals surface area contributed by atoms with Crippen LogP contribution >= 0.6 is 0 Å². The van der Waals surface area contributed by atoms with Crippen LogP contribution in [-0.2, 0) is 0 Å². The van der Waals surface area contributed by atoms with Gasteiger partial charge in [0, 0.05) is 14.1 Å². The fourth-order valence-corrected chi connectivity index (χ4v) is 1.26. The number of guanidine groups is 2. The van der Waals surface area contributed by atoms with Crippen molar-refractivity contribution in [1.82, 2.24) is 4.90 Å². The van der Waals surface area contributed by atoms with Crippen molar-refractivity contribution < 1.29 is 0 Å². The molecule has 0 aromatic heterocycles. The highest BCUT2D eigenvalue weighted by molar-refractivity contribution is 5.93. The molecule has 0 bridgehead atoms. The summed E-state index contributed by atoms with van der Waals surface area (Å²) in [7, 11) is 3.61. The van der Waals surface area contributed by atoms with Crippen molar-refractivity contribution in [2.45, 2.75) is 13.3 Å². The first-order valence-electron chi connectivity index (χ1n) is 5.17. The Hall–Kier alpha value is -1.78. The lowest BCUT2D eigenvalue weighted by molar-refractivity contribution is 0.615. The van der Waals surface area contributed by atoms with Crippen LogP contribution in [0.25, 0.3) is 0 Å². The molecule has 0 amide bonds. The van der Waals surface area contributed by atoms with Gasteiger partial charge in [0.25, 0.3) is 0 Å². The standard InChI is InChI=1S/C11H19N5/c1-8-5-4-6-9(8)7-14-10(12)15-11(13)16(2)3/h4,6H,5,7H2,1-3H3,(H4,12,13,14,15). The summed E-state index contributed by atoms with van der Waals surface area (Å²) < 4.78 is 0. The first-order valence-corrected chi connectivity index (χ1v) is 5.17. The van der Waals surface area contributed by atoms with E-state index >= 15 is 0 Å². The summed E-state index contributed by atoms with van der Waals surface area (Å²) in [5.41, 5.74) is 13.8. The molecule has 0 unspecified atom stereocenters. The van der Waals surface area contributed by atoms with Gasteiger partial charge in [-0.05, 0) is 18.9 Å². The molecular weight excluding hydrogens is 202 g/mol. The maximum atomic E-state index is 5.65. The van der Waals surface area contributed by atoms with E-state index < -0.39 is 0 Å². The highest BCUT2D eigenvalue weighted by Gasteiger charge is 2.03. The van der Waals surface area contributed by atoms with E-state index in [1.54, 1.807) is 19.0 Å². The summed E-state index contributed by atoms with van der Waals surface area (Å²) in [6, 6.07) is 0. The number of rotatable bonds is 2. The van der Waals surface area contributed by atoms with Crippen LogP contribution in [0.15, 0.2) is 33.3 Å². The molecule has 0 radical (unpaired) electrons. The van der Waals surface area contributed by atoms with E-state index in [0.717, 1.165) is 6.42 Å². The van der Waals surface area contributed by atoms with E-state index in [-0.39, 0.29) is 5.96 Å². The lowest BCUT2D eigenvalue weighted by Gasteiger charge is -2.09. The van der Waals surface area contributed by atoms with Crippen molar-refractivity contribution in [3.05, 3.63) is 23.3 Å². The van der Waals surface area contributed by atoms with Gasteiger partial charge in [-0.25, -0.2) is 4.99 Å². The monoisotopic (exact) mass is 221 g/mol. The number of hydrogen-bond acceptors (Lipinski definition) is 1. The Kier molecular flexibility index (Phi) is 4.10. The summed E-state index contributed by atoms with van der Waals surface area (Å²) in [5.74, 6) is 0.570. The Labute approximate surface area is 96.2 Å². The first-order chi connectivity index (χ1) is 7.50. The molecular formula is C11H19N5. The predicted octanol–water partition coefficient (Wildman–Crippen LogP) is 0.454. The number of allylic oxidation sites excluding steroid dienone is 2. The average Bonchev–Trinajstić information content (AvgIpc) is 2.61. The van der Waals surface area contributed by atoms with Crippen molar-refractivity contribution in [2.75, 3.05) is 20.6 Å². The highest BCUT2D eigenvalue weighted by atomic mass is 15.2. The second kappa shape index (κ2) is 5.34. The third-order valence-electron chi connectivity index (χ3n) is 2.39. The van der Waals surface area contributed by atoms with Gasteiger partial charge in [0.15, 0.2) is 5.96 Å². The van der Waals surface area contributed by atoms with E-state index in [9.17, 15) is 0 Å². The number of hydrogen-bond donors (Lipinski definition) is 2. The summed E-state index contributed by atoms with van der Waals surface area (Å²) in [4.78, 5) is 9.82.